The number of anilines is 1. The number of ether oxygens (including phenoxy) is 1. The summed E-state index contributed by atoms with van der Waals surface area (Å²) in [6, 6.07) is 5.19. The van der Waals surface area contributed by atoms with Crippen LogP contribution < -0.4 is 15.4 Å². The molecule has 2 rings (SSSR count). The minimum absolute atomic E-state index is 0.151. The van der Waals surface area contributed by atoms with Gasteiger partial charge in [0.25, 0.3) is 0 Å². The Balaban J connectivity index is 2.24. The van der Waals surface area contributed by atoms with Crippen LogP contribution in [-0.2, 0) is 32.7 Å². The number of rotatable bonds is 12. The molecule has 1 aromatic heterocycles. The summed E-state index contributed by atoms with van der Waals surface area (Å²) in [5, 5.41) is 8.36. The molecule has 2 aromatic rings. The fourth-order valence-corrected chi connectivity index (χ4v) is 4.69. The number of carbonyl (C=O) groups is 2. The summed E-state index contributed by atoms with van der Waals surface area (Å²) >= 11 is 1.44. The zero-order chi connectivity index (χ0) is 26.2. The quantitative estimate of drug-likeness (QED) is 0.307. The summed E-state index contributed by atoms with van der Waals surface area (Å²) in [4.78, 5) is 30.1. The Hall–Kier alpha value is -2.70. The smallest absolute Gasteiger partial charge is 0.408 e. The molecule has 12 heteroatoms. The normalized spacial score (nSPS) is 13.4. The third kappa shape index (κ3) is 10.2. The Labute approximate surface area is 210 Å². The van der Waals surface area contributed by atoms with Crippen LogP contribution >= 0.6 is 11.3 Å². The van der Waals surface area contributed by atoms with Crippen LogP contribution in [0.15, 0.2) is 29.6 Å². The maximum absolute atomic E-state index is 13.3. The predicted octanol–water partition coefficient (Wildman–Crippen LogP) is 3.87. The highest BCUT2D eigenvalue weighted by molar-refractivity contribution is 7.87. The molecule has 0 saturated heterocycles. The van der Waals surface area contributed by atoms with Crippen LogP contribution in [0.1, 0.15) is 63.3 Å². The predicted molar refractivity (Wildman–Crippen MR) is 136 cm³/mol. The van der Waals surface area contributed by atoms with Gasteiger partial charge in [0.15, 0.2) is 0 Å². The summed E-state index contributed by atoms with van der Waals surface area (Å²) in [7, 11) is -4.37. The maximum Gasteiger partial charge on any atom is 0.408 e. The van der Waals surface area contributed by atoms with E-state index in [0.29, 0.717) is 12.8 Å². The summed E-state index contributed by atoms with van der Waals surface area (Å²) < 4.78 is 38.2. The van der Waals surface area contributed by atoms with Crippen LogP contribution in [0.3, 0.4) is 0 Å². The summed E-state index contributed by atoms with van der Waals surface area (Å²) in [6.45, 7) is 9.39. The molecule has 194 valence electrons. The summed E-state index contributed by atoms with van der Waals surface area (Å²) in [5.74, 6) is -0.194. The molecule has 10 nitrogen and oxygen atoms in total. The highest BCUT2D eigenvalue weighted by atomic mass is 32.2. The zero-order valence-electron chi connectivity index (χ0n) is 20.6. The maximum atomic E-state index is 13.3. The lowest BCUT2D eigenvalue weighted by Gasteiger charge is -2.24. The summed E-state index contributed by atoms with van der Waals surface area (Å²) in [5.41, 5.74) is 1.94. The fraction of sp³-hybridized carbons (Fsp3) is 0.522. The van der Waals surface area contributed by atoms with Crippen molar-refractivity contribution < 1.29 is 27.3 Å². The number of hydrogen-bond donors (Lipinski definition) is 4. The molecule has 2 unspecified atom stereocenters. The van der Waals surface area contributed by atoms with Crippen molar-refractivity contribution in [3.63, 3.8) is 0 Å². The van der Waals surface area contributed by atoms with Crippen molar-refractivity contribution in [2.75, 3.05) is 4.72 Å². The van der Waals surface area contributed by atoms with Gasteiger partial charge in [-0.15, -0.1) is 11.3 Å². The van der Waals surface area contributed by atoms with Gasteiger partial charge in [-0.05, 0) is 56.7 Å². The molecule has 0 aliphatic heterocycles. The molecule has 0 spiro atoms. The Bertz CT molecular complexity index is 1080. The number of benzene rings is 1. The van der Waals surface area contributed by atoms with E-state index in [0.717, 1.165) is 22.7 Å². The standard InChI is InChI=1S/C23H34N4O6S2/c1-6-17-13-34-22(24-17)20(12-16-7-9-18(10-8-16)27-35(30,31)32)25-21(28)19(11-14(2)3)26-23(29)33-15(4)5/h7-10,13-15,19-20,27H,6,11-12H2,1-5H3,(H,25,28)(H,26,29)(H,30,31,32). The van der Waals surface area contributed by atoms with E-state index in [1.165, 1.54) is 23.5 Å². The number of carbonyl (C=O) groups excluding carboxylic acids is 2. The Morgan fingerprint density at radius 2 is 1.77 bits per heavy atom. The first kappa shape index (κ1) is 28.5. The van der Waals surface area contributed by atoms with Gasteiger partial charge in [-0.3, -0.25) is 14.1 Å². The van der Waals surface area contributed by atoms with Crippen LogP contribution in [0.5, 0.6) is 0 Å². The van der Waals surface area contributed by atoms with E-state index in [2.05, 4.69) is 15.6 Å². The molecule has 0 bridgehead atoms. The van der Waals surface area contributed by atoms with Crippen LogP contribution in [-0.4, -0.2) is 42.1 Å². The Kier molecular flexibility index (Phi) is 10.5. The molecule has 0 saturated carbocycles. The van der Waals surface area contributed by atoms with Gasteiger partial charge < -0.3 is 15.4 Å². The molecule has 0 aliphatic carbocycles. The molecule has 1 heterocycles. The highest BCUT2D eigenvalue weighted by Gasteiger charge is 2.27. The first-order valence-corrected chi connectivity index (χ1v) is 13.7. The molecule has 35 heavy (non-hydrogen) atoms. The molecule has 2 amide bonds. The molecule has 0 radical (unpaired) electrons. The Morgan fingerprint density at radius 3 is 2.29 bits per heavy atom. The van der Waals surface area contributed by atoms with Crippen molar-refractivity contribution in [3.8, 4) is 0 Å². The van der Waals surface area contributed by atoms with Crippen LogP contribution in [0.25, 0.3) is 0 Å². The van der Waals surface area contributed by atoms with Crippen molar-refractivity contribution in [2.24, 2.45) is 5.92 Å². The van der Waals surface area contributed by atoms with Gasteiger partial charge in [0.05, 0.1) is 23.5 Å². The van der Waals surface area contributed by atoms with E-state index in [1.54, 1.807) is 26.0 Å². The number of nitrogens with zero attached hydrogens (tertiary/aromatic N) is 1. The third-order valence-corrected chi connectivity index (χ3v) is 6.35. The third-order valence-electron chi connectivity index (χ3n) is 4.85. The highest BCUT2D eigenvalue weighted by Crippen LogP contribution is 2.24. The zero-order valence-corrected chi connectivity index (χ0v) is 22.2. The number of nitrogens with one attached hydrogen (secondary N) is 3. The number of hydrogen-bond acceptors (Lipinski definition) is 7. The summed E-state index contributed by atoms with van der Waals surface area (Å²) in [6.07, 6.45) is 0.610. The van der Waals surface area contributed by atoms with Crippen LogP contribution in [0.4, 0.5) is 10.5 Å². The number of aromatic nitrogens is 1. The van der Waals surface area contributed by atoms with Crippen molar-refractivity contribution in [1.29, 1.82) is 0 Å². The lowest BCUT2D eigenvalue weighted by Crippen LogP contribution is -2.49. The van der Waals surface area contributed by atoms with Crippen molar-refractivity contribution >= 4 is 39.3 Å². The molecular weight excluding hydrogens is 492 g/mol. The molecule has 1 aromatic carbocycles. The van der Waals surface area contributed by atoms with Gasteiger partial charge in [-0.1, -0.05) is 32.9 Å². The van der Waals surface area contributed by atoms with E-state index < -0.39 is 28.5 Å². The van der Waals surface area contributed by atoms with Crippen molar-refractivity contribution in [2.45, 2.75) is 72.1 Å². The average Bonchev–Trinajstić information content (AvgIpc) is 3.21. The second-order valence-corrected chi connectivity index (χ2v) is 10.9. The molecule has 0 fully saturated rings. The minimum atomic E-state index is -4.37. The van der Waals surface area contributed by atoms with E-state index in [-0.39, 0.29) is 23.6 Å². The largest absolute Gasteiger partial charge is 0.447 e. The number of thiazole rings is 1. The number of aryl methyl sites for hydroxylation is 1. The molecule has 2 atom stereocenters. The van der Waals surface area contributed by atoms with E-state index in [1.807, 2.05) is 30.9 Å². The first-order chi connectivity index (χ1) is 16.4. The molecule has 4 N–H and O–H groups in total. The lowest BCUT2D eigenvalue weighted by molar-refractivity contribution is -0.124. The van der Waals surface area contributed by atoms with Gasteiger partial charge in [0.1, 0.15) is 11.0 Å². The topological polar surface area (TPSA) is 147 Å². The minimum Gasteiger partial charge on any atom is -0.447 e. The number of amides is 2. The van der Waals surface area contributed by atoms with E-state index >= 15 is 0 Å². The SMILES string of the molecule is CCc1csc(C(Cc2ccc(NS(=O)(=O)O)cc2)NC(=O)C(CC(C)C)NC(=O)OC(C)C)n1. The average molecular weight is 527 g/mol. The van der Waals surface area contributed by atoms with Gasteiger partial charge in [-0.25, -0.2) is 9.78 Å². The van der Waals surface area contributed by atoms with E-state index in [4.69, 9.17) is 9.29 Å². The fourth-order valence-electron chi connectivity index (χ4n) is 3.30. The van der Waals surface area contributed by atoms with Gasteiger partial charge >= 0.3 is 16.4 Å². The molecular formula is C23H34N4O6S2. The van der Waals surface area contributed by atoms with Crippen LogP contribution in [0, 0.1) is 5.92 Å². The monoisotopic (exact) mass is 526 g/mol. The second-order valence-electron chi connectivity index (χ2n) is 8.85. The lowest BCUT2D eigenvalue weighted by atomic mass is 10.0. The van der Waals surface area contributed by atoms with Gasteiger partial charge in [0.2, 0.25) is 5.91 Å². The first-order valence-electron chi connectivity index (χ1n) is 11.4. The van der Waals surface area contributed by atoms with Crippen LogP contribution in [0.2, 0.25) is 0 Å². The second kappa shape index (κ2) is 12.8. The van der Waals surface area contributed by atoms with Crippen molar-refractivity contribution in [1.82, 2.24) is 15.6 Å². The van der Waals surface area contributed by atoms with Crippen molar-refractivity contribution in [3.05, 3.63) is 45.9 Å². The molecule has 0 aliphatic rings. The van der Waals surface area contributed by atoms with Gasteiger partial charge in [0, 0.05) is 5.38 Å². The van der Waals surface area contributed by atoms with E-state index in [9.17, 15) is 18.0 Å². The number of alkyl carbamates (subject to hydrolysis) is 1. The Morgan fingerprint density at radius 1 is 1.11 bits per heavy atom. The van der Waals surface area contributed by atoms with Gasteiger partial charge in [-0.2, -0.15) is 8.42 Å².